The second-order valence-electron chi connectivity index (χ2n) is 13.2. The van der Waals surface area contributed by atoms with E-state index in [-0.39, 0.29) is 48.0 Å². The number of aromatic nitrogens is 1. The highest BCUT2D eigenvalue weighted by molar-refractivity contribution is 7.15. The molecule has 0 bridgehead atoms. The lowest BCUT2D eigenvalue weighted by molar-refractivity contribution is -0.144. The van der Waals surface area contributed by atoms with Crippen LogP contribution in [0.25, 0.3) is 0 Å². The normalized spacial score (nSPS) is 28.8. The molecule has 5 unspecified atom stereocenters. The van der Waals surface area contributed by atoms with Gasteiger partial charge >= 0.3 is 0 Å². The first-order valence-corrected chi connectivity index (χ1v) is 16.5. The Kier molecular flexibility index (Phi) is 9.68. The summed E-state index contributed by atoms with van der Waals surface area (Å²) in [7, 11) is 3.21. The second kappa shape index (κ2) is 13.1. The third-order valence-electron chi connectivity index (χ3n) is 10.7. The van der Waals surface area contributed by atoms with E-state index in [9.17, 15) is 19.8 Å². The van der Waals surface area contributed by atoms with Gasteiger partial charge in [0.15, 0.2) is 16.6 Å². The van der Waals surface area contributed by atoms with Crippen LogP contribution in [-0.4, -0.2) is 60.5 Å². The average molecular weight is 614 g/mol. The molecule has 43 heavy (non-hydrogen) atoms. The van der Waals surface area contributed by atoms with E-state index in [4.69, 9.17) is 14.5 Å². The van der Waals surface area contributed by atoms with E-state index in [1.54, 1.807) is 14.2 Å². The van der Waals surface area contributed by atoms with Gasteiger partial charge in [-0.2, -0.15) is 0 Å². The molecule has 3 aliphatic carbocycles. The summed E-state index contributed by atoms with van der Waals surface area (Å²) in [5.41, 5.74) is 0.878. The van der Waals surface area contributed by atoms with E-state index in [1.165, 1.54) is 17.8 Å². The van der Waals surface area contributed by atoms with Crippen molar-refractivity contribution >= 4 is 28.3 Å². The smallest absolute Gasteiger partial charge is 0.229 e. The largest absolute Gasteiger partial charge is 0.493 e. The van der Waals surface area contributed by atoms with Crippen LogP contribution in [0.3, 0.4) is 0 Å². The Morgan fingerprint density at radius 2 is 1.84 bits per heavy atom. The molecule has 5 rings (SSSR count). The molecule has 4 N–H and O–H groups in total. The molecule has 0 saturated heterocycles. The Labute approximate surface area is 258 Å². The number of hydrogen-bond acceptors (Lipinski definition) is 8. The Bertz CT molecular complexity index is 1310. The first-order valence-electron chi connectivity index (χ1n) is 15.7. The highest BCUT2D eigenvalue weighted by Gasteiger charge is 2.59. The van der Waals surface area contributed by atoms with Gasteiger partial charge in [0.25, 0.3) is 0 Å². The topological polar surface area (TPSA) is 130 Å². The van der Waals surface area contributed by atoms with Gasteiger partial charge in [-0.15, -0.1) is 11.3 Å². The summed E-state index contributed by atoms with van der Waals surface area (Å²) in [5, 5.41) is 28.4. The number of anilines is 1. The van der Waals surface area contributed by atoms with E-state index in [2.05, 4.69) is 17.6 Å². The molecule has 3 aliphatic rings. The summed E-state index contributed by atoms with van der Waals surface area (Å²) in [4.78, 5) is 32.6. The number of rotatable bonds is 10. The zero-order valence-electron chi connectivity index (χ0n) is 25.9. The SMILES string of the molecule is COc1ccc(CCNC(=O)CC2c3nc(NC(=O)C4CCCCC4)sc3CC3C(C)(CO)C(O)CCC23C)cc1OC. The lowest BCUT2D eigenvalue weighted by Gasteiger charge is -2.58. The molecule has 2 amide bonds. The van der Waals surface area contributed by atoms with Gasteiger partial charge in [-0.1, -0.05) is 39.2 Å². The average Bonchev–Trinajstić information content (AvgIpc) is 3.42. The zero-order valence-corrected chi connectivity index (χ0v) is 26.7. The molecule has 2 fully saturated rings. The number of carbonyl (C=O) groups is 2. The molecular formula is C33H47N3O6S. The lowest BCUT2D eigenvalue weighted by Crippen LogP contribution is -2.57. The molecule has 236 valence electrons. The Balaban J connectivity index is 1.35. The Morgan fingerprint density at radius 3 is 2.53 bits per heavy atom. The minimum Gasteiger partial charge on any atom is -0.493 e. The van der Waals surface area contributed by atoms with Gasteiger partial charge < -0.3 is 30.3 Å². The lowest BCUT2D eigenvalue weighted by atomic mass is 9.47. The molecule has 9 nitrogen and oxygen atoms in total. The summed E-state index contributed by atoms with van der Waals surface area (Å²) in [6.07, 6.45) is 7.41. The molecular weight excluding hydrogens is 566 g/mol. The van der Waals surface area contributed by atoms with Crippen molar-refractivity contribution in [3.63, 3.8) is 0 Å². The maximum absolute atomic E-state index is 13.5. The van der Waals surface area contributed by atoms with Gasteiger partial charge in [0.1, 0.15) is 0 Å². The van der Waals surface area contributed by atoms with Gasteiger partial charge in [0.2, 0.25) is 11.8 Å². The number of thiazole rings is 1. The van der Waals surface area contributed by atoms with Crippen molar-refractivity contribution in [2.75, 3.05) is 32.7 Å². The predicted octanol–water partition coefficient (Wildman–Crippen LogP) is 4.84. The summed E-state index contributed by atoms with van der Waals surface area (Å²) in [5.74, 6) is 1.09. The number of nitrogens with zero attached hydrogens (tertiary/aromatic N) is 1. The Morgan fingerprint density at radius 1 is 1.09 bits per heavy atom. The fourth-order valence-electron chi connectivity index (χ4n) is 7.91. The number of benzene rings is 1. The number of amides is 2. The number of ether oxygens (including phenoxy) is 2. The molecule has 2 aromatic rings. The summed E-state index contributed by atoms with van der Waals surface area (Å²) < 4.78 is 10.7. The minimum absolute atomic E-state index is 0.0230. The van der Waals surface area contributed by atoms with Crippen LogP contribution in [0.2, 0.25) is 0 Å². The third-order valence-corrected chi connectivity index (χ3v) is 11.7. The summed E-state index contributed by atoms with van der Waals surface area (Å²) in [6.45, 7) is 4.51. The predicted molar refractivity (Wildman–Crippen MR) is 167 cm³/mol. The second-order valence-corrected chi connectivity index (χ2v) is 14.3. The van der Waals surface area contributed by atoms with Crippen LogP contribution in [0.1, 0.15) is 87.3 Å². The van der Waals surface area contributed by atoms with Crippen LogP contribution in [0.4, 0.5) is 5.13 Å². The monoisotopic (exact) mass is 613 g/mol. The van der Waals surface area contributed by atoms with E-state index < -0.39 is 11.5 Å². The van der Waals surface area contributed by atoms with Crippen LogP contribution in [-0.2, 0) is 22.4 Å². The first kappa shape index (κ1) is 31.7. The number of fused-ring (bicyclic) bond motifs is 2. The molecule has 5 atom stereocenters. The quantitative estimate of drug-likeness (QED) is 0.302. The van der Waals surface area contributed by atoms with Crippen molar-refractivity contribution < 1.29 is 29.3 Å². The summed E-state index contributed by atoms with van der Waals surface area (Å²) >= 11 is 1.49. The fourth-order valence-corrected chi connectivity index (χ4v) is 8.98. The van der Waals surface area contributed by atoms with Gasteiger partial charge in [0, 0.05) is 35.1 Å². The van der Waals surface area contributed by atoms with Crippen molar-refractivity contribution in [3.8, 4) is 11.5 Å². The Hall–Kier alpha value is -2.69. The standard InChI is InChI=1S/C33H47N3O6S/c1-32-14-12-27(38)33(2,19-37)26(32)18-25-29(35-31(43-25)36-30(40)21-8-6-5-7-9-21)22(32)17-28(39)34-15-13-20-10-11-23(41-3)24(16-20)42-4/h10-11,16,21-22,26-27,37-38H,5-9,12-15,17-19H2,1-4H3,(H,34,39)(H,35,36,40). The van der Waals surface area contributed by atoms with E-state index in [0.717, 1.165) is 48.2 Å². The number of nitrogens with one attached hydrogen (secondary N) is 2. The maximum Gasteiger partial charge on any atom is 0.229 e. The molecule has 10 heteroatoms. The molecule has 0 aliphatic heterocycles. The zero-order chi connectivity index (χ0) is 30.8. The van der Waals surface area contributed by atoms with Gasteiger partial charge in [-0.3, -0.25) is 9.59 Å². The molecule has 1 aromatic heterocycles. The van der Waals surface area contributed by atoms with Gasteiger partial charge in [-0.25, -0.2) is 4.98 Å². The first-order chi connectivity index (χ1) is 20.6. The number of aliphatic hydroxyl groups excluding tert-OH is 2. The van der Waals surface area contributed by atoms with Gasteiger partial charge in [0.05, 0.1) is 32.6 Å². The molecule has 0 radical (unpaired) electrons. The van der Waals surface area contributed by atoms with Crippen molar-refractivity contribution in [1.29, 1.82) is 0 Å². The van der Waals surface area contributed by atoms with Crippen LogP contribution < -0.4 is 20.1 Å². The molecule has 1 aromatic carbocycles. The number of carbonyl (C=O) groups excluding carboxylic acids is 2. The molecule has 0 spiro atoms. The highest BCUT2D eigenvalue weighted by Crippen LogP contribution is 2.62. The van der Waals surface area contributed by atoms with Crippen LogP contribution in [0.15, 0.2) is 18.2 Å². The van der Waals surface area contributed by atoms with E-state index in [0.29, 0.717) is 42.4 Å². The van der Waals surface area contributed by atoms with Crippen molar-refractivity contribution in [2.24, 2.45) is 22.7 Å². The number of methoxy groups -OCH3 is 2. The third kappa shape index (κ3) is 6.28. The van der Waals surface area contributed by atoms with Crippen molar-refractivity contribution in [1.82, 2.24) is 10.3 Å². The molecule has 2 saturated carbocycles. The van der Waals surface area contributed by atoms with E-state index >= 15 is 0 Å². The summed E-state index contributed by atoms with van der Waals surface area (Å²) in [6, 6.07) is 5.75. The fraction of sp³-hybridized carbons (Fsp3) is 0.667. The highest BCUT2D eigenvalue weighted by atomic mass is 32.1. The number of aliphatic hydroxyl groups is 2. The van der Waals surface area contributed by atoms with Crippen molar-refractivity contribution in [2.45, 2.75) is 90.1 Å². The van der Waals surface area contributed by atoms with Gasteiger partial charge in [-0.05, 0) is 67.6 Å². The minimum atomic E-state index is -0.692. The van der Waals surface area contributed by atoms with Crippen molar-refractivity contribution in [3.05, 3.63) is 34.3 Å². The van der Waals surface area contributed by atoms with Crippen LogP contribution in [0, 0.1) is 22.7 Å². The maximum atomic E-state index is 13.5. The van der Waals surface area contributed by atoms with E-state index in [1.807, 2.05) is 25.1 Å². The van der Waals surface area contributed by atoms with Crippen LogP contribution in [0.5, 0.6) is 11.5 Å². The van der Waals surface area contributed by atoms with Crippen LogP contribution >= 0.6 is 11.3 Å². The number of hydrogen-bond donors (Lipinski definition) is 4. The molecule has 1 heterocycles.